The molecule has 2 heterocycles. The maximum Gasteiger partial charge on any atom is 0.352 e. The van der Waals surface area contributed by atoms with Gasteiger partial charge in [-0.15, -0.1) is 5.10 Å². The first kappa shape index (κ1) is 23.8. The van der Waals surface area contributed by atoms with Crippen molar-refractivity contribution in [3.63, 3.8) is 0 Å². The molecule has 0 bridgehead atoms. The predicted octanol–water partition coefficient (Wildman–Crippen LogP) is 1.64. The van der Waals surface area contributed by atoms with Crippen LogP contribution in [0, 0.1) is 11.6 Å². The van der Waals surface area contributed by atoms with Crippen LogP contribution in [-0.2, 0) is 22.7 Å². The Kier molecular flexibility index (Phi) is 6.45. The first-order chi connectivity index (χ1) is 16.7. The SMILES string of the molecule is CC(C)NC(=O)CCn1c(=O)c2ccccc2n2c(=O)n(CC(=O)Nc3ccc(F)cc3F)nc12. The third kappa shape index (κ3) is 4.81. The van der Waals surface area contributed by atoms with Gasteiger partial charge in [0.25, 0.3) is 5.56 Å². The van der Waals surface area contributed by atoms with Crippen molar-refractivity contribution in [3.05, 3.63) is 74.9 Å². The van der Waals surface area contributed by atoms with Gasteiger partial charge in [-0.1, -0.05) is 12.1 Å². The number of hydrogen-bond donors (Lipinski definition) is 2. The monoisotopic (exact) mass is 484 g/mol. The molecule has 0 aliphatic rings. The van der Waals surface area contributed by atoms with Gasteiger partial charge >= 0.3 is 5.69 Å². The van der Waals surface area contributed by atoms with Crippen LogP contribution in [0.25, 0.3) is 16.7 Å². The summed E-state index contributed by atoms with van der Waals surface area (Å²) in [5.74, 6) is -2.88. The smallest absolute Gasteiger partial charge is 0.352 e. The first-order valence-electron chi connectivity index (χ1n) is 10.8. The Morgan fingerprint density at radius 1 is 1.06 bits per heavy atom. The quantitative estimate of drug-likeness (QED) is 0.413. The van der Waals surface area contributed by atoms with Crippen LogP contribution in [0.1, 0.15) is 20.3 Å². The summed E-state index contributed by atoms with van der Waals surface area (Å²) in [6.07, 6.45) is -0.0303. The lowest BCUT2D eigenvalue weighted by Gasteiger charge is -2.11. The van der Waals surface area contributed by atoms with Crippen molar-refractivity contribution in [2.75, 3.05) is 5.32 Å². The molecule has 182 valence electrons. The largest absolute Gasteiger partial charge is 0.354 e. The van der Waals surface area contributed by atoms with Gasteiger partial charge in [0, 0.05) is 25.1 Å². The van der Waals surface area contributed by atoms with E-state index >= 15 is 0 Å². The number of aryl methyl sites for hydroxylation is 1. The number of benzene rings is 2. The number of carbonyl (C=O) groups is 2. The highest BCUT2D eigenvalue weighted by atomic mass is 19.1. The topological polar surface area (TPSA) is 120 Å². The molecule has 0 atom stereocenters. The molecular weight excluding hydrogens is 462 g/mol. The van der Waals surface area contributed by atoms with E-state index in [2.05, 4.69) is 15.7 Å². The van der Waals surface area contributed by atoms with E-state index in [1.165, 1.54) is 8.97 Å². The highest BCUT2D eigenvalue weighted by Gasteiger charge is 2.19. The fourth-order valence-electron chi connectivity index (χ4n) is 3.70. The molecule has 12 heteroatoms. The maximum atomic E-state index is 13.9. The second-order valence-electron chi connectivity index (χ2n) is 8.19. The van der Waals surface area contributed by atoms with Gasteiger partial charge in [-0.25, -0.2) is 22.7 Å². The fourth-order valence-corrected chi connectivity index (χ4v) is 3.70. The van der Waals surface area contributed by atoms with Gasteiger partial charge in [0.2, 0.25) is 17.6 Å². The van der Waals surface area contributed by atoms with Crippen LogP contribution in [0.4, 0.5) is 14.5 Å². The highest BCUT2D eigenvalue weighted by Crippen LogP contribution is 2.15. The van der Waals surface area contributed by atoms with E-state index in [1.807, 2.05) is 13.8 Å². The number of rotatable bonds is 7. The van der Waals surface area contributed by atoms with Crippen molar-refractivity contribution in [1.29, 1.82) is 0 Å². The molecule has 2 amide bonds. The van der Waals surface area contributed by atoms with Crippen molar-refractivity contribution in [3.8, 4) is 0 Å². The van der Waals surface area contributed by atoms with E-state index in [-0.39, 0.29) is 47.3 Å². The molecule has 4 aromatic rings. The Labute approximate surface area is 196 Å². The Balaban J connectivity index is 1.73. The molecule has 2 aromatic heterocycles. The molecule has 0 spiro atoms. The lowest BCUT2D eigenvalue weighted by molar-refractivity contribution is -0.121. The molecule has 4 rings (SSSR count). The lowest BCUT2D eigenvalue weighted by Crippen LogP contribution is -2.33. The van der Waals surface area contributed by atoms with Gasteiger partial charge in [-0.3, -0.25) is 19.0 Å². The van der Waals surface area contributed by atoms with E-state index in [0.717, 1.165) is 16.8 Å². The standard InChI is InChI=1S/C23H22F2N6O4/c1-13(2)26-19(32)9-10-29-21(34)15-5-3-4-6-18(15)31-22(29)28-30(23(31)35)12-20(33)27-17-8-7-14(24)11-16(17)25/h3-8,11,13H,9-10,12H2,1-2H3,(H,26,32)(H,27,33). The number of aromatic nitrogens is 4. The van der Waals surface area contributed by atoms with Gasteiger partial charge in [0.15, 0.2) is 0 Å². The molecule has 0 aliphatic carbocycles. The summed E-state index contributed by atoms with van der Waals surface area (Å²) < 4.78 is 30.2. The van der Waals surface area contributed by atoms with Gasteiger partial charge in [-0.05, 0) is 38.1 Å². The van der Waals surface area contributed by atoms with Crippen LogP contribution in [-0.4, -0.2) is 36.6 Å². The Morgan fingerprint density at radius 3 is 2.51 bits per heavy atom. The minimum atomic E-state index is -0.972. The zero-order valence-corrected chi connectivity index (χ0v) is 18.9. The molecule has 2 aromatic carbocycles. The van der Waals surface area contributed by atoms with Gasteiger partial charge < -0.3 is 10.6 Å². The van der Waals surface area contributed by atoms with E-state index < -0.39 is 35.3 Å². The number of carbonyl (C=O) groups excluding carboxylic acids is 2. The summed E-state index contributed by atoms with van der Waals surface area (Å²) in [6.45, 7) is 2.98. The first-order valence-corrected chi connectivity index (χ1v) is 10.8. The molecule has 10 nitrogen and oxygen atoms in total. The van der Waals surface area contributed by atoms with Crippen molar-refractivity contribution in [2.45, 2.75) is 39.4 Å². The van der Waals surface area contributed by atoms with Crippen molar-refractivity contribution >= 4 is 34.2 Å². The molecule has 0 radical (unpaired) electrons. The minimum Gasteiger partial charge on any atom is -0.354 e. The number of hydrogen-bond acceptors (Lipinski definition) is 5. The van der Waals surface area contributed by atoms with Crippen LogP contribution in [0.2, 0.25) is 0 Å². The average Bonchev–Trinajstić information content (AvgIpc) is 3.11. The van der Waals surface area contributed by atoms with Crippen molar-refractivity contribution < 1.29 is 18.4 Å². The Hall–Kier alpha value is -4.35. The van der Waals surface area contributed by atoms with Crippen molar-refractivity contribution in [2.24, 2.45) is 0 Å². The molecule has 35 heavy (non-hydrogen) atoms. The summed E-state index contributed by atoms with van der Waals surface area (Å²) in [7, 11) is 0. The Morgan fingerprint density at radius 2 is 1.80 bits per heavy atom. The molecule has 0 unspecified atom stereocenters. The zero-order chi connectivity index (χ0) is 25.3. The van der Waals surface area contributed by atoms with E-state index in [4.69, 9.17) is 0 Å². The molecule has 0 saturated heterocycles. The highest BCUT2D eigenvalue weighted by molar-refractivity contribution is 5.90. The second-order valence-corrected chi connectivity index (χ2v) is 8.19. The lowest BCUT2D eigenvalue weighted by atomic mass is 10.2. The third-order valence-electron chi connectivity index (χ3n) is 5.19. The maximum absolute atomic E-state index is 13.9. The number of anilines is 1. The third-order valence-corrected chi connectivity index (χ3v) is 5.19. The minimum absolute atomic E-state index is 0.0303. The van der Waals surface area contributed by atoms with E-state index in [0.29, 0.717) is 6.07 Å². The molecular formula is C23H22F2N6O4. The second kappa shape index (κ2) is 9.49. The number of nitrogens with zero attached hydrogens (tertiary/aromatic N) is 4. The number of halogens is 2. The predicted molar refractivity (Wildman–Crippen MR) is 124 cm³/mol. The number of fused-ring (bicyclic) bond motifs is 3. The van der Waals surface area contributed by atoms with Crippen LogP contribution < -0.4 is 21.9 Å². The summed E-state index contributed by atoms with van der Waals surface area (Å²) in [4.78, 5) is 50.9. The van der Waals surface area contributed by atoms with Gasteiger partial charge in [0.1, 0.15) is 18.2 Å². The summed E-state index contributed by atoms with van der Waals surface area (Å²) in [6, 6.07) is 8.99. The summed E-state index contributed by atoms with van der Waals surface area (Å²) in [5.41, 5.74) is -1.12. The molecule has 0 fully saturated rings. The average molecular weight is 484 g/mol. The van der Waals surface area contributed by atoms with E-state index in [9.17, 15) is 28.0 Å². The Bertz CT molecular complexity index is 1570. The number of nitrogens with one attached hydrogen (secondary N) is 2. The molecule has 2 N–H and O–H groups in total. The zero-order valence-electron chi connectivity index (χ0n) is 18.9. The molecule has 0 aliphatic heterocycles. The number of amides is 2. The molecule has 0 saturated carbocycles. The van der Waals surface area contributed by atoms with E-state index in [1.54, 1.807) is 24.3 Å². The van der Waals surface area contributed by atoms with Gasteiger partial charge in [-0.2, -0.15) is 0 Å². The van der Waals surface area contributed by atoms with Crippen LogP contribution in [0.3, 0.4) is 0 Å². The summed E-state index contributed by atoms with van der Waals surface area (Å²) in [5, 5.41) is 9.41. The number of para-hydroxylation sites is 1. The van der Waals surface area contributed by atoms with Crippen LogP contribution in [0.15, 0.2) is 52.1 Å². The van der Waals surface area contributed by atoms with Crippen molar-refractivity contribution in [1.82, 2.24) is 24.1 Å². The van der Waals surface area contributed by atoms with Gasteiger partial charge in [0.05, 0.1) is 16.6 Å². The van der Waals surface area contributed by atoms with Crippen LogP contribution >= 0.6 is 0 Å². The van der Waals surface area contributed by atoms with Crippen LogP contribution in [0.5, 0.6) is 0 Å². The fraction of sp³-hybridized carbons (Fsp3) is 0.261. The normalized spacial score (nSPS) is 11.3. The summed E-state index contributed by atoms with van der Waals surface area (Å²) >= 11 is 0.